The fraction of sp³-hybridized carbons (Fsp3) is 0.222. The molecule has 0 radical (unpaired) electrons. The molecule has 2 N–H and O–H groups in total. The second kappa shape index (κ2) is 3.84. The number of hydrogen-bond acceptors (Lipinski definition) is 2. The molecule has 12 heavy (non-hydrogen) atoms. The van der Waals surface area contributed by atoms with Gasteiger partial charge >= 0.3 is 0 Å². The molecule has 0 fully saturated rings. The smallest absolute Gasteiger partial charge is 0.126 e. The maximum absolute atomic E-state index is 12.9. The van der Waals surface area contributed by atoms with Crippen LogP contribution in [0.25, 0.3) is 0 Å². The number of nitriles is 1. The summed E-state index contributed by atoms with van der Waals surface area (Å²) in [7, 11) is 0. The van der Waals surface area contributed by atoms with E-state index in [-0.39, 0.29) is 12.2 Å². The maximum atomic E-state index is 12.9. The zero-order chi connectivity index (χ0) is 8.97. The summed E-state index contributed by atoms with van der Waals surface area (Å²) >= 11 is 0. The van der Waals surface area contributed by atoms with Crippen molar-refractivity contribution in [2.24, 2.45) is 5.73 Å². The molecule has 3 heteroatoms. The van der Waals surface area contributed by atoms with Gasteiger partial charge in [-0.1, -0.05) is 18.2 Å². The van der Waals surface area contributed by atoms with Gasteiger partial charge in [0.15, 0.2) is 0 Å². The third-order valence-corrected chi connectivity index (χ3v) is 1.56. The average Bonchev–Trinajstić information content (AvgIpc) is 2.09. The van der Waals surface area contributed by atoms with Crippen molar-refractivity contribution in [3.8, 4) is 6.07 Å². The molecule has 0 aliphatic rings. The molecule has 0 heterocycles. The molecule has 0 bridgehead atoms. The number of nitrogens with zero attached hydrogens (tertiary/aromatic N) is 1. The van der Waals surface area contributed by atoms with E-state index in [1.807, 2.05) is 6.07 Å². The minimum atomic E-state index is -0.623. The van der Waals surface area contributed by atoms with Crippen molar-refractivity contribution in [3.05, 3.63) is 35.6 Å². The number of rotatable bonds is 2. The van der Waals surface area contributed by atoms with Crippen LogP contribution in [0.1, 0.15) is 5.56 Å². The van der Waals surface area contributed by atoms with E-state index in [1.54, 1.807) is 18.2 Å². The lowest BCUT2D eigenvalue weighted by molar-refractivity contribution is 0.603. The lowest BCUT2D eigenvalue weighted by Crippen LogP contribution is -2.20. The zero-order valence-electron chi connectivity index (χ0n) is 6.50. The lowest BCUT2D eigenvalue weighted by atomic mass is 10.1. The molecule has 0 saturated carbocycles. The normalized spacial score (nSPS) is 12.1. The Labute approximate surface area is 70.4 Å². The van der Waals surface area contributed by atoms with Crippen LogP contribution in [-0.4, -0.2) is 6.04 Å². The van der Waals surface area contributed by atoms with Crippen LogP contribution in [0, 0.1) is 17.1 Å². The monoisotopic (exact) mass is 164 g/mol. The summed E-state index contributed by atoms with van der Waals surface area (Å²) in [5.41, 5.74) is 5.84. The maximum Gasteiger partial charge on any atom is 0.126 e. The van der Waals surface area contributed by atoms with Crippen LogP contribution >= 0.6 is 0 Å². The second-order valence-electron chi connectivity index (χ2n) is 2.53. The van der Waals surface area contributed by atoms with Gasteiger partial charge in [-0.25, -0.2) is 4.39 Å². The molecular formula is C9H9FN2. The summed E-state index contributed by atoms with van der Waals surface area (Å²) in [4.78, 5) is 0. The Morgan fingerprint density at radius 1 is 1.50 bits per heavy atom. The first-order valence-electron chi connectivity index (χ1n) is 3.62. The first-order valence-corrected chi connectivity index (χ1v) is 3.62. The number of halogens is 1. The summed E-state index contributed by atoms with van der Waals surface area (Å²) in [5, 5.41) is 8.39. The van der Waals surface area contributed by atoms with E-state index < -0.39 is 6.04 Å². The average molecular weight is 164 g/mol. The topological polar surface area (TPSA) is 49.8 Å². The highest BCUT2D eigenvalue weighted by Gasteiger charge is 2.05. The molecule has 62 valence electrons. The summed E-state index contributed by atoms with van der Waals surface area (Å²) in [6.45, 7) is 0. The van der Waals surface area contributed by atoms with Gasteiger partial charge in [0.25, 0.3) is 0 Å². The quantitative estimate of drug-likeness (QED) is 0.714. The third kappa shape index (κ3) is 2.04. The van der Waals surface area contributed by atoms with Crippen LogP contribution in [-0.2, 0) is 6.42 Å². The van der Waals surface area contributed by atoms with Gasteiger partial charge in [0, 0.05) is 6.42 Å². The second-order valence-corrected chi connectivity index (χ2v) is 2.53. The summed E-state index contributed by atoms with van der Waals surface area (Å²) < 4.78 is 12.9. The van der Waals surface area contributed by atoms with Gasteiger partial charge in [-0.15, -0.1) is 0 Å². The Morgan fingerprint density at radius 2 is 2.17 bits per heavy atom. The van der Waals surface area contributed by atoms with E-state index in [2.05, 4.69) is 0 Å². The van der Waals surface area contributed by atoms with Gasteiger partial charge in [-0.3, -0.25) is 0 Å². The van der Waals surface area contributed by atoms with E-state index in [0.29, 0.717) is 5.56 Å². The van der Waals surface area contributed by atoms with Crippen molar-refractivity contribution in [1.82, 2.24) is 0 Å². The van der Waals surface area contributed by atoms with Crippen LogP contribution in [0.3, 0.4) is 0 Å². The molecule has 0 saturated heterocycles. The molecule has 1 aromatic carbocycles. The molecule has 1 atom stereocenters. The third-order valence-electron chi connectivity index (χ3n) is 1.56. The van der Waals surface area contributed by atoms with Crippen molar-refractivity contribution in [2.45, 2.75) is 12.5 Å². The van der Waals surface area contributed by atoms with Gasteiger partial charge in [0.05, 0.1) is 12.1 Å². The van der Waals surface area contributed by atoms with Crippen molar-refractivity contribution in [3.63, 3.8) is 0 Å². The molecule has 1 aromatic rings. The van der Waals surface area contributed by atoms with Gasteiger partial charge in [-0.05, 0) is 11.6 Å². The molecule has 1 rings (SSSR count). The highest BCUT2D eigenvalue weighted by molar-refractivity contribution is 5.19. The van der Waals surface area contributed by atoms with Crippen LogP contribution in [0.4, 0.5) is 4.39 Å². The van der Waals surface area contributed by atoms with Gasteiger partial charge in [0.1, 0.15) is 5.82 Å². The van der Waals surface area contributed by atoms with E-state index in [9.17, 15) is 4.39 Å². The number of nitrogens with two attached hydrogens (primary N) is 1. The number of benzene rings is 1. The lowest BCUT2D eigenvalue weighted by Gasteiger charge is -2.03. The van der Waals surface area contributed by atoms with E-state index in [4.69, 9.17) is 11.0 Å². The first-order chi connectivity index (χ1) is 5.74. The van der Waals surface area contributed by atoms with Gasteiger partial charge < -0.3 is 5.73 Å². The molecule has 0 aliphatic carbocycles. The highest BCUT2D eigenvalue weighted by Crippen LogP contribution is 2.07. The summed E-state index contributed by atoms with van der Waals surface area (Å²) in [5.74, 6) is -0.303. The van der Waals surface area contributed by atoms with E-state index in [1.165, 1.54) is 6.07 Å². The standard InChI is InChI=1S/C9H9FN2/c10-9-4-2-1-3-7(9)5-8(12)6-11/h1-4,8H,5,12H2. The molecule has 0 aliphatic heterocycles. The minimum absolute atomic E-state index is 0.267. The van der Waals surface area contributed by atoms with Crippen molar-refractivity contribution in [2.75, 3.05) is 0 Å². The van der Waals surface area contributed by atoms with Crippen molar-refractivity contribution >= 4 is 0 Å². The van der Waals surface area contributed by atoms with Crippen LogP contribution in [0.2, 0.25) is 0 Å². The molecular weight excluding hydrogens is 155 g/mol. The minimum Gasteiger partial charge on any atom is -0.316 e. The van der Waals surface area contributed by atoms with E-state index >= 15 is 0 Å². The fourth-order valence-electron chi connectivity index (χ4n) is 0.947. The molecule has 2 nitrogen and oxygen atoms in total. The van der Waals surface area contributed by atoms with Crippen LogP contribution in [0.15, 0.2) is 24.3 Å². The van der Waals surface area contributed by atoms with Crippen LogP contribution in [0.5, 0.6) is 0 Å². The Kier molecular flexibility index (Phi) is 2.78. The predicted molar refractivity (Wildman–Crippen MR) is 43.7 cm³/mol. The van der Waals surface area contributed by atoms with Gasteiger partial charge in [0.2, 0.25) is 0 Å². The molecule has 0 spiro atoms. The SMILES string of the molecule is N#CC(N)Cc1ccccc1F. The first kappa shape index (κ1) is 8.69. The molecule has 0 aromatic heterocycles. The van der Waals surface area contributed by atoms with E-state index in [0.717, 1.165) is 0 Å². The zero-order valence-corrected chi connectivity index (χ0v) is 6.50. The Balaban J connectivity index is 2.77. The Morgan fingerprint density at radius 3 is 2.75 bits per heavy atom. The van der Waals surface area contributed by atoms with Crippen molar-refractivity contribution < 1.29 is 4.39 Å². The predicted octanol–water partition coefficient (Wildman–Crippen LogP) is 1.22. The Hall–Kier alpha value is -1.40. The largest absolute Gasteiger partial charge is 0.316 e. The molecule has 0 amide bonds. The van der Waals surface area contributed by atoms with Crippen LogP contribution < -0.4 is 5.73 Å². The van der Waals surface area contributed by atoms with Crippen molar-refractivity contribution in [1.29, 1.82) is 5.26 Å². The Bertz CT molecular complexity index is 304. The number of hydrogen-bond donors (Lipinski definition) is 1. The summed E-state index contributed by atoms with van der Waals surface area (Å²) in [6.07, 6.45) is 0.267. The van der Waals surface area contributed by atoms with Gasteiger partial charge in [-0.2, -0.15) is 5.26 Å². The fourth-order valence-corrected chi connectivity index (χ4v) is 0.947. The highest BCUT2D eigenvalue weighted by atomic mass is 19.1. The molecule has 1 unspecified atom stereocenters. The summed E-state index contributed by atoms with van der Waals surface area (Å²) in [6, 6.07) is 7.55.